The number of hydrogen-bond donors (Lipinski definition) is 4. The minimum absolute atomic E-state index is 0.000571. The molecular formula is C13H16ClN3O4. The predicted molar refractivity (Wildman–Crippen MR) is 77.8 cm³/mol. The van der Waals surface area contributed by atoms with Gasteiger partial charge >= 0.3 is 6.09 Å². The van der Waals surface area contributed by atoms with Crippen LogP contribution in [0.1, 0.15) is 16.8 Å². The van der Waals surface area contributed by atoms with Gasteiger partial charge in [-0.05, 0) is 18.6 Å². The lowest BCUT2D eigenvalue weighted by atomic mass is 10.1. The van der Waals surface area contributed by atoms with Gasteiger partial charge in [0, 0.05) is 13.2 Å². The highest BCUT2D eigenvalue weighted by Gasteiger charge is 2.32. The summed E-state index contributed by atoms with van der Waals surface area (Å²) in [7, 11) is 0. The lowest BCUT2D eigenvalue weighted by molar-refractivity contribution is 0.0924. The molecule has 7 nitrogen and oxygen atoms in total. The first kappa shape index (κ1) is 15.4. The summed E-state index contributed by atoms with van der Waals surface area (Å²) in [6, 6.07) is 5.11. The van der Waals surface area contributed by atoms with Gasteiger partial charge in [0.2, 0.25) is 0 Å². The second kappa shape index (κ2) is 6.64. The van der Waals surface area contributed by atoms with Crippen LogP contribution in [0.4, 0.5) is 10.5 Å². The number of rotatable bonds is 5. The van der Waals surface area contributed by atoms with Crippen molar-refractivity contribution in [1.82, 2.24) is 10.6 Å². The fourth-order valence-electron chi connectivity index (χ4n) is 2.31. The van der Waals surface area contributed by atoms with Crippen molar-refractivity contribution < 1.29 is 19.8 Å². The number of carboxylic acid groups (broad SMARTS) is 1. The number of aliphatic hydroxyl groups is 1. The Morgan fingerprint density at radius 3 is 2.90 bits per heavy atom. The van der Waals surface area contributed by atoms with Gasteiger partial charge in [0.05, 0.1) is 22.8 Å². The Kier molecular flexibility index (Phi) is 4.87. The molecule has 2 amide bonds. The smallest absolute Gasteiger partial charge is 0.404 e. The SMILES string of the molecule is O=C(O)NCC1NC(=O)c2c(Cl)cccc2N1CCCO. The second-order valence-corrected chi connectivity index (χ2v) is 4.99. The minimum Gasteiger partial charge on any atom is -0.465 e. The van der Waals surface area contributed by atoms with E-state index in [9.17, 15) is 9.59 Å². The van der Waals surface area contributed by atoms with E-state index in [1.165, 1.54) is 0 Å². The largest absolute Gasteiger partial charge is 0.465 e. The summed E-state index contributed by atoms with van der Waals surface area (Å²) in [5, 5.41) is 23.0. The van der Waals surface area contributed by atoms with E-state index in [1.807, 2.05) is 4.90 Å². The van der Waals surface area contributed by atoms with Gasteiger partial charge < -0.3 is 25.7 Å². The average molecular weight is 314 g/mol. The molecule has 1 aromatic rings. The zero-order valence-electron chi connectivity index (χ0n) is 11.2. The van der Waals surface area contributed by atoms with Crippen LogP contribution >= 0.6 is 11.6 Å². The number of hydrogen-bond acceptors (Lipinski definition) is 4. The minimum atomic E-state index is -1.16. The van der Waals surface area contributed by atoms with Crippen LogP contribution in [0, 0.1) is 0 Å². The Hall–Kier alpha value is -1.99. The Morgan fingerprint density at radius 2 is 2.24 bits per heavy atom. The molecule has 21 heavy (non-hydrogen) atoms. The maximum Gasteiger partial charge on any atom is 0.404 e. The fraction of sp³-hybridized carbons (Fsp3) is 0.385. The van der Waals surface area contributed by atoms with Crippen LogP contribution in [0.5, 0.6) is 0 Å². The summed E-state index contributed by atoms with van der Waals surface area (Å²) in [5.41, 5.74) is 1.00. The molecule has 0 aliphatic carbocycles. The molecule has 4 N–H and O–H groups in total. The average Bonchev–Trinajstić information content (AvgIpc) is 2.44. The lowest BCUT2D eigenvalue weighted by Crippen LogP contribution is -2.58. The number of amides is 2. The van der Waals surface area contributed by atoms with Crippen LogP contribution in [0.2, 0.25) is 5.02 Å². The number of benzene rings is 1. The van der Waals surface area contributed by atoms with Crippen LogP contribution in [0.15, 0.2) is 18.2 Å². The van der Waals surface area contributed by atoms with Gasteiger partial charge in [-0.2, -0.15) is 0 Å². The molecule has 1 atom stereocenters. The predicted octanol–water partition coefficient (Wildman–Crippen LogP) is 0.866. The van der Waals surface area contributed by atoms with E-state index in [0.29, 0.717) is 29.2 Å². The summed E-state index contributed by atoms with van der Waals surface area (Å²) in [6.45, 7) is 0.508. The molecular weight excluding hydrogens is 298 g/mol. The third kappa shape index (κ3) is 3.37. The summed E-state index contributed by atoms with van der Waals surface area (Å²) in [5.74, 6) is -0.340. The number of carbonyl (C=O) groups excluding carboxylic acids is 1. The molecule has 1 aromatic carbocycles. The first-order chi connectivity index (χ1) is 10.0. The van der Waals surface area contributed by atoms with Gasteiger partial charge in [-0.3, -0.25) is 4.79 Å². The van der Waals surface area contributed by atoms with Crippen LogP contribution in [-0.4, -0.2) is 48.1 Å². The molecule has 2 rings (SSSR count). The molecule has 0 spiro atoms. The number of aliphatic hydroxyl groups excluding tert-OH is 1. The summed E-state index contributed by atoms with van der Waals surface area (Å²) < 4.78 is 0. The second-order valence-electron chi connectivity index (χ2n) is 4.58. The molecule has 0 bridgehead atoms. The molecule has 0 radical (unpaired) electrons. The number of nitrogens with zero attached hydrogens (tertiary/aromatic N) is 1. The molecule has 1 aliphatic rings. The van der Waals surface area contributed by atoms with E-state index in [1.54, 1.807) is 18.2 Å². The van der Waals surface area contributed by atoms with Gasteiger partial charge in [-0.25, -0.2) is 4.79 Å². The summed E-state index contributed by atoms with van der Waals surface area (Å²) >= 11 is 6.06. The van der Waals surface area contributed by atoms with Crippen LogP contribution in [0.3, 0.4) is 0 Å². The Balaban J connectivity index is 2.31. The highest BCUT2D eigenvalue weighted by molar-refractivity contribution is 6.34. The van der Waals surface area contributed by atoms with Gasteiger partial charge in [0.15, 0.2) is 0 Å². The molecule has 0 saturated carbocycles. The number of anilines is 1. The van der Waals surface area contributed by atoms with Crippen molar-refractivity contribution in [3.63, 3.8) is 0 Å². The molecule has 0 fully saturated rings. The first-order valence-corrected chi connectivity index (χ1v) is 6.86. The molecule has 8 heteroatoms. The van der Waals surface area contributed by atoms with Gasteiger partial charge in [-0.15, -0.1) is 0 Å². The third-order valence-corrected chi connectivity index (χ3v) is 3.52. The van der Waals surface area contributed by atoms with E-state index < -0.39 is 12.3 Å². The van der Waals surface area contributed by atoms with Crippen LogP contribution < -0.4 is 15.5 Å². The van der Waals surface area contributed by atoms with E-state index in [-0.39, 0.29) is 19.1 Å². The highest BCUT2D eigenvalue weighted by atomic mass is 35.5. The van der Waals surface area contributed by atoms with Crippen LogP contribution in [-0.2, 0) is 0 Å². The molecule has 1 aliphatic heterocycles. The maximum absolute atomic E-state index is 12.1. The topological polar surface area (TPSA) is 102 Å². The molecule has 0 aromatic heterocycles. The summed E-state index contributed by atoms with van der Waals surface area (Å²) in [6.07, 6.45) is -1.19. The van der Waals surface area contributed by atoms with Crippen molar-refractivity contribution >= 4 is 29.3 Å². The maximum atomic E-state index is 12.1. The van der Waals surface area contributed by atoms with Crippen LogP contribution in [0.25, 0.3) is 0 Å². The van der Waals surface area contributed by atoms with Crippen molar-refractivity contribution in [1.29, 1.82) is 0 Å². The number of fused-ring (bicyclic) bond motifs is 1. The monoisotopic (exact) mass is 313 g/mol. The molecule has 1 unspecified atom stereocenters. The van der Waals surface area contributed by atoms with E-state index in [2.05, 4.69) is 10.6 Å². The Bertz CT molecular complexity index is 552. The van der Waals surface area contributed by atoms with Gasteiger partial charge in [0.25, 0.3) is 5.91 Å². The highest BCUT2D eigenvalue weighted by Crippen LogP contribution is 2.31. The van der Waals surface area contributed by atoms with Crippen molar-refractivity contribution in [3.05, 3.63) is 28.8 Å². The van der Waals surface area contributed by atoms with E-state index in [0.717, 1.165) is 0 Å². The summed E-state index contributed by atoms with van der Waals surface area (Å²) in [4.78, 5) is 24.6. The molecule has 1 heterocycles. The zero-order chi connectivity index (χ0) is 15.4. The lowest BCUT2D eigenvalue weighted by Gasteiger charge is -2.39. The number of halogens is 1. The third-order valence-electron chi connectivity index (χ3n) is 3.21. The molecule has 0 saturated heterocycles. The molecule has 114 valence electrons. The number of carbonyl (C=O) groups is 2. The van der Waals surface area contributed by atoms with Gasteiger partial charge in [-0.1, -0.05) is 17.7 Å². The number of nitrogens with one attached hydrogen (secondary N) is 2. The Morgan fingerprint density at radius 1 is 1.48 bits per heavy atom. The van der Waals surface area contributed by atoms with Gasteiger partial charge in [0.1, 0.15) is 6.17 Å². The standard InChI is InChI=1S/C13H16ClN3O4/c14-8-3-1-4-9-11(8)12(19)16-10(7-15-13(20)21)17(9)5-2-6-18/h1,3-4,10,15,18H,2,5-7H2,(H,16,19)(H,20,21). The van der Waals surface area contributed by atoms with E-state index in [4.69, 9.17) is 21.8 Å². The quantitative estimate of drug-likeness (QED) is 0.646. The van der Waals surface area contributed by atoms with Crippen molar-refractivity contribution in [2.75, 3.05) is 24.6 Å². The van der Waals surface area contributed by atoms with Crippen molar-refractivity contribution in [2.24, 2.45) is 0 Å². The Labute approximate surface area is 126 Å². The zero-order valence-corrected chi connectivity index (χ0v) is 11.9. The van der Waals surface area contributed by atoms with Crippen molar-refractivity contribution in [2.45, 2.75) is 12.6 Å². The first-order valence-electron chi connectivity index (χ1n) is 6.48. The normalized spacial score (nSPS) is 17.1. The van der Waals surface area contributed by atoms with Crippen molar-refractivity contribution in [3.8, 4) is 0 Å². The van der Waals surface area contributed by atoms with E-state index >= 15 is 0 Å². The fourth-order valence-corrected chi connectivity index (χ4v) is 2.56.